The standard InChI is InChI=1S/C32H42O5Si/c1-31(2,3)30(37-38(27-12-8-6-9-13-27)28-14-10-7-11-15-28)29-20-32(29,23-36-24-33-4)22-35-21-25-16-18-26(34-5)19-17-25/h6-19,29-30,38H,20-24H2,1-5H3. The first-order valence-corrected chi connectivity index (χ1v) is 15.0. The summed E-state index contributed by atoms with van der Waals surface area (Å²) in [5.41, 5.74) is 0.980. The lowest BCUT2D eigenvalue weighted by Crippen LogP contribution is -2.51. The fraction of sp³-hybridized carbons (Fsp3) is 0.438. The van der Waals surface area contributed by atoms with Crippen molar-refractivity contribution in [1.82, 2.24) is 0 Å². The molecule has 0 aliphatic heterocycles. The summed E-state index contributed by atoms with van der Waals surface area (Å²) < 4.78 is 30.0. The highest BCUT2D eigenvalue weighted by molar-refractivity contribution is 6.80. The van der Waals surface area contributed by atoms with Crippen molar-refractivity contribution in [2.24, 2.45) is 16.7 Å². The van der Waals surface area contributed by atoms with Gasteiger partial charge in [0.1, 0.15) is 12.5 Å². The summed E-state index contributed by atoms with van der Waals surface area (Å²) in [6.07, 6.45) is 1.07. The van der Waals surface area contributed by atoms with Crippen molar-refractivity contribution in [3.63, 3.8) is 0 Å². The molecule has 0 heterocycles. The summed E-state index contributed by atoms with van der Waals surface area (Å²) in [4.78, 5) is 0. The van der Waals surface area contributed by atoms with Crippen molar-refractivity contribution >= 4 is 19.4 Å². The van der Waals surface area contributed by atoms with Gasteiger partial charge >= 0.3 is 0 Å². The molecule has 3 aromatic carbocycles. The molecule has 3 unspecified atom stereocenters. The van der Waals surface area contributed by atoms with Crippen LogP contribution < -0.4 is 15.1 Å². The summed E-state index contributed by atoms with van der Waals surface area (Å²) >= 11 is 0. The molecule has 0 N–H and O–H groups in total. The third-order valence-electron chi connectivity index (χ3n) is 7.37. The number of hydrogen-bond acceptors (Lipinski definition) is 5. The first-order valence-electron chi connectivity index (χ1n) is 13.4. The van der Waals surface area contributed by atoms with Crippen LogP contribution in [0.3, 0.4) is 0 Å². The van der Waals surface area contributed by atoms with Crippen LogP contribution in [0.15, 0.2) is 84.9 Å². The van der Waals surface area contributed by atoms with Crippen LogP contribution in [-0.2, 0) is 25.2 Å². The average Bonchev–Trinajstić information content (AvgIpc) is 3.63. The molecule has 204 valence electrons. The maximum atomic E-state index is 7.25. The Labute approximate surface area is 229 Å². The number of methoxy groups -OCH3 is 2. The molecule has 1 fully saturated rings. The monoisotopic (exact) mass is 534 g/mol. The maximum absolute atomic E-state index is 7.25. The molecule has 1 saturated carbocycles. The van der Waals surface area contributed by atoms with E-state index in [-0.39, 0.29) is 23.7 Å². The van der Waals surface area contributed by atoms with Gasteiger partial charge in [-0.3, -0.25) is 0 Å². The van der Waals surface area contributed by atoms with E-state index in [0.29, 0.717) is 25.7 Å². The smallest absolute Gasteiger partial charge is 0.240 e. The van der Waals surface area contributed by atoms with Gasteiger partial charge < -0.3 is 23.4 Å². The molecule has 4 rings (SSSR count). The Hall–Kier alpha value is -2.48. The van der Waals surface area contributed by atoms with E-state index < -0.39 is 9.04 Å². The van der Waals surface area contributed by atoms with Crippen LogP contribution in [0, 0.1) is 16.7 Å². The van der Waals surface area contributed by atoms with E-state index in [2.05, 4.69) is 81.4 Å². The van der Waals surface area contributed by atoms with Gasteiger partial charge in [0.25, 0.3) is 0 Å². The van der Waals surface area contributed by atoms with Gasteiger partial charge in [-0.2, -0.15) is 0 Å². The molecule has 0 amide bonds. The third-order valence-corrected chi connectivity index (χ3v) is 9.91. The second-order valence-corrected chi connectivity index (χ2v) is 13.8. The number of benzene rings is 3. The lowest BCUT2D eigenvalue weighted by atomic mass is 9.83. The van der Waals surface area contributed by atoms with Gasteiger partial charge in [-0.05, 0) is 45.8 Å². The minimum atomic E-state index is -1.92. The quantitative estimate of drug-likeness (QED) is 0.169. The van der Waals surface area contributed by atoms with E-state index >= 15 is 0 Å². The summed E-state index contributed by atoms with van der Waals surface area (Å²) in [6, 6.07) is 29.5. The second kappa shape index (κ2) is 13.0. The van der Waals surface area contributed by atoms with Crippen LogP contribution in [0.5, 0.6) is 5.75 Å². The van der Waals surface area contributed by atoms with E-state index in [4.69, 9.17) is 23.4 Å². The Bertz CT molecular complexity index is 1060. The first kappa shape index (κ1) is 28.5. The van der Waals surface area contributed by atoms with Crippen molar-refractivity contribution < 1.29 is 23.4 Å². The van der Waals surface area contributed by atoms with Crippen LogP contribution in [0.4, 0.5) is 0 Å². The van der Waals surface area contributed by atoms with Gasteiger partial charge in [-0.1, -0.05) is 93.6 Å². The van der Waals surface area contributed by atoms with Crippen molar-refractivity contribution in [2.45, 2.75) is 39.9 Å². The largest absolute Gasteiger partial charge is 0.497 e. The molecule has 6 heteroatoms. The molecule has 3 atom stereocenters. The lowest BCUT2D eigenvalue weighted by molar-refractivity contribution is -0.0716. The third kappa shape index (κ3) is 7.33. The van der Waals surface area contributed by atoms with Gasteiger partial charge in [-0.25, -0.2) is 0 Å². The van der Waals surface area contributed by atoms with Crippen molar-refractivity contribution in [2.75, 3.05) is 34.2 Å². The molecule has 0 bridgehead atoms. The predicted octanol–water partition coefficient (Wildman–Crippen LogP) is 4.81. The molecule has 38 heavy (non-hydrogen) atoms. The predicted molar refractivity (Wildman–Crippen MR) is 155 cm³/mol. The highest BCUT2D eigenvalue weighted by atomic mass is 28.3. The maximum Gasteiger partial charge on any atom is 0.240 e. The Morgan fingerprint density at radius 3 is 1.92 bits per heavy atom. The Balaban J connectivity index is 1.53. The zero-order chi connectivity index (χ0) is 27.0. The van der Waals surface area contributed by atoms with E-state index in [9.17, 15) is 0 Å². The average molecular weight is 535 g/mol. The summed E-state index contributed by atoms with van der Waals surface area (Å²) in [7, 11) is 1.42. The highest BCUT2D eigenvalue weighted by Gasteiger charge is 2.60. The minimum Gasteiger partial charge on any atom is -0.497 e. The van der Waals surface area contributed by atoms with Gasteiger partial charge in [-0.15, -0.1) is 0 Å². The molecule has 5 nitrogen and oxygen atoms in total. The van der Waals surface area contributed by atoms with E-state index in [0.717, 1.165) is 17.7 Å². The highest BCUT2D eigenvalue weighted by Crippen LogP contribution is 2.58. The van der Waals surface area contributed by atoms with Gasteiger partial charge in [0.2, 0.25) is 9.04 Å². The SMILES string of the molecule is COCOCC1(COCc2ccc(OC)cc2)CC1C(O[SiH](c1ccccc1)c1ccccc1)C(C)(C)C. The second-order valence-electron chi connectivity index (χ2n) is 11.4. The summed E-state index contributed by atoms with van der Waals surface area (Å²) in [6.45, 7) is 8.90. The first-order chi connectivity index (χ1) is 18.4. The van der Waals surface area contributed by atoms with Gasteiger partial charge in [0, 0.05) is 12.5 Å². The molecule has 0 saturated heterocycles. The Morgan fingerprint density at radius 2 is 1.39 bits per heavy atom. The molecule has 1 aliphatic rings. The van der Waals surface area contributed by atoms with Crippen LogP contribution in [0.2, 0.25) is 0 Å². The van der Waals surface area contributed by atoms with Crippen LogP contribution >= 0.6 is 0 Å². The fourth-order valence-electron chi connectivity index (χ4n) is 5.26. The Morgan fingerprint density at radius 1 is 0.816 bits per heavy atom. The zero-order valence-electron chi connectivity index (χ0n) is 23.4. The topological polar surface area (TPSA) is 46.2 Å². The Kier molecular flexibility index (Phi) is 9.79. The van der Waals surface area contributed by atoms with Crippen molar-refractivity contribution in [3.8, 4) is 5.75 Å². The molecule has 3 aromatic rings. The zero-order valence-corrected chi connectivity index (χ0v) is 24.5. The van der Waals surface area contributed by atoms with E-state index in [1.807, 2.05) is 24.3 Å². The molecular weight excluding hydrogens is 492 g/mol. The van der Waals surface area contributed by atoms with Crippen LogP contribution in [0.25, 0.3) is 0 Å². The van der Waals surface area contributed by atoms with Crippen LogP contribution in [-0.4, -0.2) is 49.4 Å². The van der Waals surface area contributed by atoms with Crippen molar-refractivity contribution in [1.29, 1.82) is 0 Å². The minimum absolute atomic E-state index is 0.0432. The molecular formula is C32H42O5Si. The van der Waals surface area contributed by atoms with Gasteiger partial charge in [0.15, 0.2) is 0 Å². The molecule has 0 aromatic heterocycles. The molecule has 0 spiro atoms. The number of ether oxygens (including phenoxy) is 4. The number of hydrogen-bond donors (Lipinski definition) is 0. The normalized spacial score (nSPS) is 19.9. The summed E-state index contributed by atoms with van der Waals surface area (Å²) in [5.74, 6) is 1.18. The van der Waals surface area contributed by atoms with Crippen LogP contribution in [0.1, 0.15) is 32.8 Å². The summed E-state index contributed by atoms with van der Waals surface area (Å²) in [5, 5.41) is 2.59. The van der Waals surface area contributed by atoms with Crippen molar-refractivity contribution in [3.05, 3.63) is 90.5 Å². The number of rotatable bonds is 14. The fourth-order valence-corrected chi connectivity index (χ4v) is 7.99. The van der Waals surface area contributed by atoms with E-state index in [1.165, 1.54) is 10.4 Å². The van der Waals surface area contributed by atoms with E-state index in [1.54, 1.807) is 14.2 Å². The molecule has 0 radical (unpaired) electrons. The van der Waals surface area contributed by atoms with Gasteiger partial charge in [0.05, 0.1) is 33.0 Å². The molecule has 1 aliphatic carbocycles. The lowest BCUT2D eigenvalue weighted by Gasteiger charge is -2.36.